The summed E-state index contributed by atoms with van der Waals surface area (Å²) < 4.78 is 0. The van der Waals surface area contributed by atoms with Gasteiger partial charge >= 0.3 is 0 Å². The predicted octanol–water partition coefficient (Wildman–Crippen LogP) is 1.13. The van der Waals surface area contributed by atoms with Crippen molar-refractivity contribution in [1.29, 1.82) is 0 Å². The van der Waals surface area contributed by atoms with Crippen LogP contribution in [-0.2, 0) is 11.3 Å². The molecule has 1 aliphatic rings. The van der Waals surface area contributed by atoms with Gasteiger partial charge in [0.05, 0.1) is 5.41 Å². The summed E-state index contributed by atoms with van der Waals surface area (Å²) in [5, 5.41) is 3.28. The average molecular weight is 289 g/mol. The van der Waals surface area contributed by atoms with Gasteiger partial charge in [-0.15, -0.1) is 0 Å². The van der Waals surface area contributed by atoms with Crippen LogP contribution in [0.5, 0.6) is 0 Å². The molecule has 1 aliphatic heterocycles. The Kier molecular flexibility index (Phi) is 4.63. The van der Waals surface area contributed by atoms with Crippen LogP contribution < -0.4 is 11.1 Å². The van der Waals surface area contributed by atoms with E-state index in [1.807, 2.05) is 19.2 Å². The standard InChI is InChI=1S/C16H23N3O2/c1-3-16(8-9-18-11-16)15(21)19(2)10-12-4-6-13(7-5-12)14(17)20/h4-7,18H,3,8-11H2,1-2H3,(H2,17,20). The van der Waals surface area contributed by atoms with E-state index >= 15 is 0 Å². The van der Waals surface area contributed by atoms with E-state index in [9.17, 15) is 9.59 Å². The monoisotopic (exact) mass is 289 g/mol. The smallest absolute Gasteiger partial charge is 0.248 e. The summed E-state index contributed by atoms with van der Waals surface area (Å²) in [6.07, 6.45) is 1.75. The van der Waals surface area contributed by atoms with E-state index in [2.05, 4.69) is 12.2 Å². The molecular weight excluding hydrogens is 266 g/mol. The fourth-order valence-electron chi connectivity index (χ4n) is 2.90. The lowest BCUT2D eigenvalue weighted by atomic mass is 9.83. The molecule has 1 aromatic rings. The fraction of sp³-hybridized carbons (Fsp3) is 0.500. The van der Waals surface area contributed by atoms with Crippen molar-refractivity contribution in [1.82, 2.24) is 10.2 Å². The molecular formula is C16H23N3O2. The highest BCUT2D eigenvalue weighted by molar-refractivity contribution is 5.92. The van der Waals surface area contributed by atoms with Gasteiger partial charge < -0.3 is 16.0 Å². The first-order valence-corrected chi connectivity index (χ1v) is 7.33. The molecule has 3 N–H and O–H groups in total. The molecule has 0 saturated carbocycles. The van der Waals surface area contributed by atoms with Gasteiger partial charge in [-0.25, -0.2) is 0 Å². The van der Waals surface area contributed by atoms with Crippen LogP contribution >= 0.6 is 0 Å². The van der Waals surface area contributed by atoms with E-state index < -0.39 is 5.91 Å². The van der Waals surface area contributed by atoms with Crippen LogP contribution in [0.3, 0.4) is 0 Å². The quantitative estimate of drug-likeness (QED) is 0.853. The van der Waals surface area contributed by atoms with E-state index in [0.29, 0.717) is 12.1 Å². The highest BCUT2D eigenvalue weighted by atomic mass is 16.2. The minimum atomic E-state index is -0.437. The number of hydrogen-bond donors (Lipinski definition) is 2. The zero-order valence-corrected chi connectivity index (χ0v) is 12.7. The van der Waals surface area contributed by atoms with Gasteiger partial charge in [0.25, 0.3) is 0 Å². The Bertz CT molecular complexity index is 519. The second kappa shape index (κ2) is 6.26. The summed E-state index contributed by atoms with van der Waals surface area (Å²) in [6, 6.07) is 7.08. The minimum Gasteiger partial charge on any atom is -0.366 e. The molecule has 5 heteroatoms. The van der Waals surface area contributed by atoms with Crippen molar-refractivity contribution in [2.75, 3.05) is 20.1 Å². The van der Waals surface area contributed by atoms with Crippen molar-refractivity contribution < 1.29 is 9.59 Å². The van der Waals surface area contributed by atoms with Gasteiger partial charge in [0.2, 0.25) is 11.8 Å². The highest BCUT2D eigenvalue weighted by Gasteiger charge is 2.41. The molecule has 1 fully saturated rings. The molecule has 1 atom stereocenters. The number of nitrogens with two attached hydrogens (primary N) is 1. The number of nitrogens with zero attached hydrogens (tertiary/aromatic N) is 1. The first-order valence-electron chi connectivity index (χ1n) is 7.33. The number of rotatable bonds is 5. The van der Waals surface area contributed by atoms with Crippen LogP contribution in [0.25, 0.3) is 0 Å². The van der Waals surface area contributed by atoms with Gasteiger partial charge in [0.15, 0.2) is 0 Å². The first kappa shape index (κ1) is 15.5. The molecule has 114 valence electrons. The molecule has 1 unspecified atom stereocenters. The molecule has 0 spiro atoms. The van der Waals surface area contributed by atoms with Gasteiger partial charge in [-0.1, -0.05) is 19.1 Å². The topological polar surface area (TPSA) is 75.4 Å². The average Bonchev–Trinajstić information content (AvgIpc) is 2.97. The first-order chi connectivity index (χ1) is 9.98. The van der Waals surface area contributed by atoms with Gasteiger partial charge in [-0.3, -0.25) is 9.59 Å². The van der Waals surface area contributed by atoms with Crippen LogP contribution in [0.1, 0.15) is 35.7 Å². The van der Waals surface area contributed by atoms with Crippen LogP contribution in [0.4, 0.5) is 0 Å². The number of amides is 2. The number of primary amides is 1. The molecule has 5 nitrogen and oxygen atoms in total. The van der Waals surface area contributed by atoms with E-state index in [-0.39, 0.29) is 11.3 Å². The number of carbonyl (C=O) groups excluding carboxylic acids is 2. The van der Waals surface area contributed by atoms with Crippen LogP contribution in [0.2, 0.25) is 0 Å². The molecule has 1 saturated heterocycles. The minimum absolute atomic E-state index is 0.189. The molecule has 1 aromatic carbocycles. The Labute approximate surface area is 125 Å². The third-order valence-corrected chi connectivity index (χ3v) is 4.38. The summed E-state index contributed by atoms with van der Waals surface area (Å²) >= 11 is 0. The molecule has 0 aromatic heterocycles. The van der Waals surface area contributed by atoms with Gasteiger partial charge in [0, 0.05) is 25.7 Å². The molecule has 21 heavy (non-hydrogen) atoms. The normalized spacial score (nSPS) is 21.2. The van der Waals surface area contributed by atoms with E-state index in [0.717, 1.165) is 31.5 Å². The van der Waals surface area contributed by atoms with Crippen LogP contribution in [-0.4, -0.2) is 36.9 Å². The lowest BCUT2D eigenvalue weighted by molar-refractivity contribution is -0.140. The Balaban J connectivity index is 2.05. The summed E-state index contributed by atoms with van der Waals surface area (Å²) in [5.74, 6) is -0.248. The van der Waals surface area contributed by atoms with Crippen molar-refractivity contribution >= 4 is 11.8 Å². The lowest BCUT2D eigenvalue weighted by Gasteiger charge is -2.31. The van der Waals surface area contributed by atoms with Crippen molar-refractivity contribution in [3.05, 3.63) is 35.4 Å². The third kappa shape index (κ3) is 3.24. The summed E-state index contributed by atoms with van der Waals surface area (Å²) in [7, 11) is 1.83. The SMILES string of the molecule is CCC1(C(=O)N(C)Cc2ccc(C(N)=O)cc2)CCNC1. The van der Waals surface area contributed by atoms with Crippen LogP contribution in [0, 0.1) is 5.41 Å². The zero-order valence-electron chi connectivity index (χ0n) is 12.7. The van der Waals surface area contributed by atoms with Crippen molar-refractivity contribution in [2.24, 2.45) is 11.1 Å². The lowest BCUT2D eigenvalue weighted by Crippen LogP contribution is -2.42. The van der Waals surface area contributed by atoms with Gasteiger partial charge in [0.1, 0.15) is 0 Å². The maximum atomic E-state index is 12.7. The number of hydrogen-bond acceptors (Lipinski definition) is 3. The molecule has 1 heterocycles. The van der Waals surface area contributed by atoms with E-state index in [1.54, 1.807) is 17.0 Å². The highest BCUT2D eigenvalue weighted by Crippen LogP contribution is 2.31. The summed E-state index contributed by atoms with van der Waals surface area (Å²) in [4.78, 5) is 25.5. The molecule has 0 aliphatic carbocycles. The maximum absolute atomic E-state index is 12.7. The predicted molar refractivity (Wildman–Crippen MR) is 81.6 cm³/mol. The van der Waals surface area contributed by atoms with Gasteiger partial charge in [-0.05, 0) is 37.1 Å². The van der Waals surface area contributed by atoms with Crippen molar-refractivity contribution in [3.8, 4) is 0 Å². The summed E-state index contributed by atoms with van der Waals surface area (Å²) in [6.45, 7) is 4.27. The van der Waals surface area contributed by atoms with Crippen LogP contribution in [0.15, 0.2) is 24.3 Å². The van der Waals surface area contributed by atoms with Crippen molar-refractivity contribution in [2.45, 2.75) is 26.3 Å². The number of carbonyl (C=O) groups is 2. The zero-order chi connectivity index (χ0) is 15.5. The third-order valence-electron chi connectivity index (χ3n) is 4.38. The Morgan fingerprint density at radius 2 is 2.00 bits per heavy atom. The summed E-state index contributed by atoms with van der Waals surface area (Å²) in [5.41, 5.74) is 6.44. The second-order valence-electron chi connectivity index (χ2n) is 5.78. The fourth-order valence-corrected chi connectivity index (χ4v) is 2.90. The Morgan fingerprint density at radius 3 is 2.48 bits per heavy atom. The second-order valence-corrected chi connectivity index (χ2v) is 5.78. The molecule has 2 amide bonds. The Morgan fingerprint density at radius 1 is 1.33 bits per heavy atom. The number of nitrogens with one attached hydrogen (secondary N) is 1. The maximum Gasteiger partial charge on any atom is 0.248 e. The number of benzene rings is 1. The molecule has 0 bridgehead atoms. The largest absolute Gasteiger partial charge is 0.366 e. The van der Waals surface area contributed by atoms with Gasteiger partial charge in [-0.2, -0.15) is 0 Å². The van der Waals surface area contributed by atoms with E-state index in [1.165, 1.54) is 0 Å². The Hall–Kier alpha value is -1.88. The van der Waals surface area contributed by atoms with E-state index in [4.69, 9.17) is 5.73 Å². The molecule has 0 radical (unpaired) electrons. The molecule has 2 rings (SSSR count). The van der Waals surface area contributed by atoms with Crippen molar-refractivity contribution in [3.63, 3.8) is 0 Å².